The van der Waals surface area contributed by atoms with Crippen molar-refractivity contribution in [3.8, 4) is 45.3 Å². The first-order valence-corrected chi connectivity index (χ1v) is 41.4. The molecule has 39 heteroatoms. The van der Waals surface area contributed by atoms with Crippen molar-refractivity contribution in [2.75, 3.05) is 73.2 Å². The van der Waals surface area contributed by atoms with E-state index in [0.717, 1.165) is 78.1 Å². The zero-order valence-corrected chi connectivity index (χ0v) is 86.1. The molecule has 0 bridgehead atoms. The summed E-state index contributed by atoms with van der Waals surface area (Å²) < 4.78 is 145. The van der Waals surface area contributed by atoms with Gasteiger partial charge in [-0.15, -0.1) is 0 Å². The Morgan fingerprint density at radius 3 is 1.05 bits per heavy atom. The summed E-state index contributed by atoms with van der Waals surface area (Å²) in [5.74, 6) is -3.90. The van der Waals surface area contributed by atoms with Gasteiger partial charge in [0.25, 0.3) is 11.4 Å². The maximum atomic E-state index is 14.6. The zero-order chi connectivity index (χ0) is 87.8. The molecule has 2 amide bonds. The van der Waals surface area contributed by atoms with Gasteiger partial charge in [0.1, 0.15) is 28.3 Å². The molecule has 0 spiro atoms. The number of nitro benzene ring substituents is 2. The third kappa shape index (κ3) is 55.7. The molecule has 131 heavy (non-hydrogen) atoms. The van der Waals surface area contributed by atoms with Crippen molar-refractivity contribution in [3.05, 3.63) is 239 Å². The summed E-state index contributed by atoms with van der Waals surface area (Å²) in [7, 11) is -3.36. The molecule has 6 aliphatic rings. The molecule has 6 aromatic rings. The number of rotatable bonds is 16. The molecule has 0 aromatic heterocycles. The zero-order valence-electron chi connectivity index (χ0n) is 79.0. The van der Waals surface area contributed by atoms with Crippen molar-refractivity contribution in [1.29, 1.82) is 0 Å². The summed E-state index contributed by atoms with van der Waals surface area (Å²) in [5, 5.41) is 52.2. The van der Waals surface area contributed by atoms with Crippen LogP contribution in [-0.2, 0) is 109 Å². The molecule has 4 N–H and O–H groups in total. The van der Waals surface area contributed by atoms with Gasteiger partial charge in [-0.2, -0.15) is 0 Å². The fourth-order valence-corrected chi connectivity index (χ4v) is 11.9. The number of sulfone groups is 2. The number of likely N-dealkylation sites (tertiary alicyclic amines) is 2. The van der Waals surface area contributed by atoms with Crippen LogP contribution in [0.3, 0.4) is 0 Å². The van der Waals surface area contributed by atoms with E-state index in [9.17, 15) is 78.6 Å². The van der Waals surface area contributed by atoms with Gasteiger partial charge in [0.05, 0.1) is 51.7 Å². The SMILES string of the molecule is C.CC(C)(C)OC(=O)N1CCC(COc2c(F)cc(-c3ccc(S(C)(=O)=O)cc3)cc2F)CC1.CC1(O)CC1.CC1(OC(=O)N2CCC(COc3c(F)cc(-c4ccc(S(C)(=O)=O)cc4)cc3F)CC2)CC1.CC1(OC(=O)Oc2ccc([N+](=O)[O-])cc2)CC1.CO.CO.COC(C)=O.O=C(Cl)Oc1ccc([N+](=O)[O-])cc1.OC1CCCCC1.[2HH].[CH3-].[CH3-].[CH3-].[CH3-].[CH3-].[CH3-].[CH3-].[CH3-].[CH3-].[CH3-].[Ti+2].[Ti+4].[Ti+4]. The van der Waals surface area contributed by atoms with Gasteiger partial charge in [0.2, 0.25) is 0 Å². The summed E-state index contributed by atoms with van der Waals surface area (Å²) in [6.45, 7) is 14.7. The molecule has 2 aliphatic heterocycles. The Morgan fingerprint density at radius 1 is 0.511 bits per heavy atom. The molecule has 0 unspecified atom stereocenters. The number of piperidine rings is 2. The van der Waals surface area contributed by atoms with Crippen molar-refractivity contribution in [3.63, 3.8) is 0 Å². The van der Waals surface area contributed by atoms with E-state index in [-0.39, 0.29) is 253 Å². The topological polar surface area (TPSA) is 401 Å². The number of halogens is 5. The van der Waals surface area contributed by atoms with Crippen LogP contribution < -0.4 is 18.9 Å². The van der Waals surface area contributed by atoms with Crippen LogP contribution in [0.1, 0.15) is 154 Å². The number of nitrogens with zero attached hydrogens (tertiary/aromatic N) is 4. The summed E-state index contributed by atoms with van der Waals surface area (Å²) in [6.07, 6.45) is 14.8. The predicted molar refractivity (Wildman–Crippen MR) is 498 cm³/mol. The van der Waals surface area contributed by atoms with Gasteiger partial charge < -0.3 is 142 Å². The van der Waals surface area contributed by atoms with E-state index in [2.05, 4.69) is 9.47 Å². The molecule has 6 fully saturated rings. The summed E-state index contributed by atoms with van der Waals surface area (Å²) >= 11 is 4.92. The third-order valence-electron chi connectivity index (χ3n) is 18.2. The van der Waals surface area contributed by atoms with Crippen molar-refractivity contribution >= 4 is 72.4 Å². The van der Waals surface area contributed by atoms with Gasteiger partial charge >= 0.3 is 94.9 Å². The quantitative estimate of drug-likeness (QED) is 0.00804. The van der Waals surface area contributed by atoms with Gasteiger partial charge in [0.15, 0.2) is 54.4 Å². The molecular weight excluding hydrogens is 1880 g/mol. The number of nitro groups is 2. The molecule has 2 saturated heterocycles. The molecule has 12 rings (SSSR count). The average Bonchev–Trinajstić information content (AvgIpc) is 1.47. The van der Waals surface area contributed by atoms with Crippen LogP contribution in [0.5, 0.6) is 23.0 Å². The molecule has 738 valence electrons. The third-order valence-corrected chi connectivity index (χ3v) is 20.5. The molecule has 0 atom stereocenters. The monoisotopic (exact) mass is 2020 g/mol. The van der Waals surface area contributed by atoms with Gasteiger partial charge in [-0.05, 0) is 225 Å². The summed E-state index contributed by atoms with van der Waals surface area (Å²) in [5.41, 5.74) is -1.08. The largest absolute Gasteiger partial charge is 4.00 e. The Hall–Kier alpha value is -7.64. The maximum absolute atomic E-state index is 14.6. The molecular formula is C92H141ClF4N4O25S2Ti3. The predicted octanol–water partition coefficient (Wildman–Crippen LogP) is 21.5. The van der Waals surface area contributed by atoms with E-state index >= 15 is 0 Å². The van der Waals surface area contributed by atoms with E-state index in [0.29, 0.717) is 63.0 Å². The minimum atomic E-state index is -3.36. The normalized spacial score (nSPS) is 14.3. The van der Waals surface area contributed by atoms with Crippen LogP contribution in [0.4, 0.5) is 48.1 Å². The number of hydrogen-bond donors (Lipinski definition) is 4. The van der Waals surface area contributed by atoms with Crippen molar-refractivity contribution in [1.82, 2.24) is 9.80 Å². The number of carbonyl (C=O) groups excluding carboxylic acids is 5. The summed E-state index contributed by atoms with van der Waals surface area (Å²) in [4.78, 5) is 78.6. The molecule has 0 radical (unpaired) electrons. The summed E-state index contributed by atoms with van der Waals surface area (Å²) in [6, 6.07) is 26.5. The van der Waals surface area contributed by atoms with Crippen LogP contribution in [0, 0.1) is 130 Å². The minimum absolute atomic E-state index is 0. The van der Waals surface area contributed by atoms with Crippen molar-refractivity contribution in [2.24, 2.45) is 11.8 Å². The average molecular weight is 2020 g/mol. The number of esters is 1. The van der Waals surface area contributed by atoms with E-state index in [1.807, 2.05) is 41.5 Å². The van der Waals surface area contributed by atoms with Gasteiger partial charge in [-0.25, -0.2) is 53.6 Å². The number of amides is 2. The number of carbonyl (C=O) groups is 5. The standard InChI is InChI=1S/C24H27F2NO5S.C24H29F2NO5S.C11H11NO5.C7H4ClNO4.C6H12O.C4H8O.C3H6O2.2CH4O.CH4.10CH3.3Ti.H2/c1-24(9-10-24)32-23(28)27-11-7-16(8-12-27)15-31-22-20(25)13-18(14-21(22)26)17-3-5-19(6-4-17)33(2,29)30;1-24(2,3)32-23(28)27-11-9-16(10-12-27)15-31-22-20(25)13-18(14-21(22)26)17-5-7-19(8-6-17)33(4,29)30;1-11(6-7-11)17-10(13)16-9-4-2-8(3-5-9)12(14)15;8-7(10)13-6-3-1-5(2-4-6)9(11)12;7-6-4-2-1-3-5-6;1-4(5)2-3-4;1-3(4)5-2;2*1-2;;;;;;;;;;;;;;;/h3-6,13-14,16H,7-12,15H2,1-2H3;5-8,13-14,16H,9-12,15H2,1-4H3;2-5H,6-7H2,1H3;1-4H;6-7H,1-5H2;5H,2-3H2,1H3;1-2H3;2*2H,1H3;1H4;10*1H3;;;;1H/q;;;;;;;;;;10*-1;+2;2*+4;/i;;;;;;;;;;;;;;;;;;;;;;;1+1. The molecule has 29 nitrogen and oxygen atoms in total. The van der Waals surface area contributed by atoms with Crippen LogP contribution in [0.15, 0.2) is 131 Å². The van der Waals surface area contributed by atoms with Crippen LogP contribution in [-0.4, -0.2) is 188 Å². The maximum Gasteiger partial charge on any atom is 4.00 e. The first-order valence-electron chi connectivity index (χ1n) is 37.2. The number of aliphatic hydroxyl groups is 4. The van der Waals surface area contributed by atoms with Crippen LogP contribution >= 0.6 is 11.6 Å². The van der Waals surface area contributed by atoms with E-state index in [4.69, 9.17) is 60.4 Å². The van der Waals surface area contributed by atoms with Gasteiger partial charge in [0, 0.05) is 97.1 Å². The van der Waals surface area contributed by atoms with Crippen molar-refractivity contribution in [2.45, 2.75) is 191 Å². The number of benzene rings is 6. The van der Waals surface area contributed by atoms with Gasteiger partial charge in [-0.3, -0.25) is 25.0 Å². The number of non-ortho nitro benzene ring substituents is 2. The Morgan fingerprint density at radius 2 is 0.802 bits per heavy atom. The van der Waals surface area contributed by atoms with Crippen LogP contribution in [0.2, 0.25) is 0 Å². The second kappa shape index (κ2) is 69.2. The second-order valence-electron chi connectivity index (χ2n) is 29.6. The molecule has 4 saturated carbocycles. The van der Waals surface area contributed by atoms with E-state index in [1.165, 1.54) is 155 Å². The van der Waals surface area contributed by atoms with E-state index < -0.39 is 87.1 Å². The fraction of sp³-hybridized carbons (Fsp3) is 0.446. The Balaban J connectivity index is -0.000000135. The number of hydrogen-bond acceptors (Lipinski definition) is 25. The molecule has 6 aromatic carbocycles. The first-order chi connectivity index (χ1) is 54.8. The molecule has 2 heterocycles. The Labute approximate surface area is 829 Å². The van der Waals surface area contributed by atoms with Gasteiger partial charge in [-0.1, -0.05) is 51.0 Å². The number of ether oxygens (including phenoxy) is 8. The second-order valence-corrected chi connectivity index (χ2v) is 34.0. The van der Waals surface area contributed by atoms with Crippen molar-refractivity contribution < 1.29 is 193 Å². The Kier molecular flexibility index (Phi) is 77.3. The number of aliphatic hydroxyl groups excluding tert-OH is 3. The number of methoxy groups -OCH3 is 1. The smallest absolute Gasteiger partial charge is 0.487 e. The Bertz CT molecular complexity index is 4270. The van der Waals surface area contributed by atoms with E-state index in [1.54, 1.807) is 9.80 Å². The minimum Gasteiger partial charge on any atom is -0.487 e. The van der Waals surface area contributed by atoms with Crippen LogP contribution in [0.25, 0.3) is 22.3 Å². The first kappa shape index (κ1) is 146. The molecule has 4 aliphatic carbocycles. The fourth-order valence-electron chi connectivity index (χ4n) is 10.6.